The van der Waals surface area contributed by atoms with E-state index in [1.54, 1.807) is 23.5 Å². The van der Waals surface area contributed by atoms with Gasteiger partial charge in [0.1, 0.15) is 11.1 Å². The first-order valence-corrected chi connectivity index (χ1v) is 13.4. The van der Waals surface area contributed by atoms with Crippen molar-refractivity contribution in [3.63, 3.8) is 0 Å². The summed E-state index contributed by atoms with van der Waals surface area (Å²) in [5, 5.41) is 6.69. The number of amides is 1. The molecular weight excluding hydrogens is 540 g/mol. The maximum atomic E-state index is 12.8. The number of halogens is 1. The molecule has 182 valence electrons. The number of nitrogens with zero attached hydrogens (tertiary/aromatic N) is 3. The van der Waals surface area contributed by atoms with Crippen LogP contribution in [0.2, 0.25) is 0 Å². The Morgan fingerprint density at radius 2 is 1.86 bits per heavy atom. The van der Waals surface area contributed by atoms with Crippen molar-refractivity contribution >= 4 is 70.3 Å². The molecule has 1 saturated heterocycles. The summed E-state index contributed by atoms with van der Waals surface area (Å²) in [6.45, 7) is 4.72. The molecule has 5 aromatic rings. The second-order valence-corrected chi connectivity index (χ2v) is 10.8. The van der Waals surface area contributed by atoms with Crippen molar-refractivity contribution in [1.82, 2.24) is 15.2 Å². The lowest BCUT2D eigenvalue weighted by molar-refractivity contribution is 0.0944. The van der Waals surface area contributed by atoms with Crippen LogP contribution in [0.15, 0.2) is 74.3 Å². The molecule has 1 fully saturated rings. The topological polar surface area (TPSA) is 78.7 Å². The van der Waals surface area contributed by atoms with E-state index in [2.05, 4.69) is 37.1 Å². The predicted octanol–water partition coefficient (Wildman–Crippen LogP) is 4.87. The average molecular weight is 563 g/mol. The van der Waals surface area contributed by atoms with E-state index in [0.717, 1.165) is 57.5 Å². The molecule has 0 spiro atoms. The Labute approximate surface area is 219 Å². The highest BCUT2D eigenvalue weighted by Gasteiger charge is 2.20. The molecule has 1 aliphatic heterocycles. The van der Waals surface area contributed by atoms with Gasteiger partial charge in [0.15, 0.2) is 5.13 Å². The largest absolute Gasteiger partial charge is 0.422 e. The van der Waals surface area contributed by atoms with E-state index in [1.165, 1.54) is 4.70 Å². The molecular formula is C27H23BrN4O3S. The third-order valence-corrected chi connectivity index (χ3v) is 8.15. The van der Waals surface area contributed by atoms with Crippen LogP contribution < -0.4 is 15.8 Å². The zero-order valence-corrected chi connectivity index (χ0v) is 21.8. The summed E-state index contributed by atoms with van der Waals surface area (Å²) in [4.78, 5) is 34.7. The normalized spacial score (nSPS) is 14.6. The Balaban J connectivity index is 1.07. The van der Waals surface area contributed by atoms with Crippen molar-refractivity contribution < 1.29 is 9.21 Å². The van der Waals surface area contributed by atoms with Gasteiger partial charge >= 0.3 is 5.63 Å². The van der Waals surface area contributed by atoms with Crippen LogP contribution in [0.5, 0.6) is 0 Å². The van der Waals surface area contributed by atoms with Gasteiger partial charge in [-0.2, -0.15) is 0 Å². The van der Waals surface area contributed by atoms with E-state index in [9.17, 15) is 9.59 Å². The van der Waals surface area contributed by atoms with E-state index in [1.807, 2.05) is 42.5 Å². The van der Waals surface area contributed by atoms with Crippen LogP contribution in [-0.4, -0.2) is 55.1 Å². The first-order valence-electron chi connectivity index (χ1n) is 11.8. The maximum Gasteiger partial charge on any atom is 0.349 e. The summed E-state index contributed by atoms with van der Waals surface area (Å²) in [6, 6.07) is 19.3. The second-order valence-electron chi connectivity index (χ2n) is 8.84. The fraction of sp³-hybridized carbons (Fsp3) is 0.222. The zero-order chi connectivity index (χ0) is 24.6. The summed E-state index contributed by atoms with van der Waals surface area (Å²) in [5.74, 6) is -0.405. The Morgan fingerprint density at radius 3 is 2.72 bits per heavy atom. The minimum atomic E-state index is -0.619. The van der Waals surface area contributed by atoms with Crippen LogP contribution in [0.3, 0.4) is 0 Å². The van der Waals surface area contributed by atoms with Gasteiger partial charge in [-0.3, -0.25) is 9.69 Å². The number of hydrogen-bond donors (Lipinski definition) is 1. The number of thiazole rings is 1. The Bertz CT molecular complexity index is 1660. The Morgan fingerprint density at radius 1 is 1.03 bits per heavy atom. The number of benzene rings is 3. The van der Waals surface area contributed by atoms with Gasteiger partial charge in [-0.25, -0.2) is 9.78 Å². The molecule has 0 radical (unpaired) electrons. The maximum absolute atomic E-state index is 12.8. The third kappa shape index (κ3) is 4.50. The van der Waals surface area contributed by atoms with Crippen molar-refractivity contribution in [2.75, 3.05) is 44.2 Å². The lowest BCUT2D eigenvalue weighted by Gasteiger charge is -2.34. The number of nitrogens with one attached hydrogen (secondary N) is 1. The molecule has 6 rings (SSSR count). The van der Waals surface area contributed by atoms with Gasteiger partial charge in [0, 0.05) is 49.1 Å². The van der Waals surface area contributed by atoms with Gasteiger partial charge in [0.2, 0.25) is 0 Å². The van der Waals surface area contributed by atoms with E-state index in [0.29, 0.717) is 18.7 Å². The number of rotatable bonds is 5. The van der Waals surface area contributed by atoms with Gasteiger partial charge in [-0.15, -0.1) is 0 Å². The van der Waals surface area contributed by atoms with Crippen molar-refractivity contribution in [2.45, 2.75) is 0 Å². The molecule has 36 heavy (non-hydrogen) atoms. The minimum Gasteiger partial charge on any atom is -0.422 e. The molecule has 1 aliphatic rings. The number of hydrogen-bond acceptors (Lipinski definition) is 7. The number of fused-ring (bicyclic) bond motifs is 4. The van der Waals surface area contributed by atoms with Crippen molar-refractivity contribution in [2.24, 2.45) is 0 Å². The van der Waals surface area contributed by atoms with E-state index in [-0.39, 0.29) is 5.56 Å². The highest BCUT2D eigenvalue weighted by atomic mass is 79.9. The lowest BCUT2D eigenvalue weighted by Crippen LogP contribution is -2.48. The molecule has 0 unspecified atom stereocenters. The fourth-order valence-electron chi connectivity index (χ4n) is 4.64. The number of aromatic nitrogens is 1. The first-order chi connectivity index (χ1) is 17.5. The van der Waals surface area contributed by atoms with Gasteiger partial charge < -0.3 is 14.6 Å². The Hall–Kier alpha value is -3.27. The van der Waals surface area contributed by atoms with Crippen molar-refractivity contribution in [1.29, 1.82) is 0 Å². The van der Waals surface area contributed by atoms with Gasteiger partial charge in [-0.1, -0.05) is 57.6 Å². The van der Waals surface area contributed by atoms with Crippen LogP contribution in [-0.2, 0) is 0 Å². The van der Waals surface area contributed by atoms with Crippen LogP contribution >= 0.6 is 27.3 Å². The Kier molecular flexibility index (Phi) is 6.20. The molecule has 1 N–H and O–H groups in total. The van der Waals surface area contributed by atoms with Crippen LogP contribution in [0.25, 0.3) is 32.0 Å². The van der Waals surface area contributed by atoms with Gasteiger partial charge in [0.25, 0.3) is 5.91 Å². The minimum absolute atomic E-state index is 0.0335. The summed E-state index contributed by atoms with van der Waals surface area (Å²) < 4.78 is 7.70. The van der Waals surface area contributed by atoms with E-state index in [4.69, 9.17) is 9.40 Å². The van der Waals surface area contributed by atoms with E-state index >= 15 is 0 Å². The highest BCUT2D eigenvalue weighted by Crippen LogP contribution is 2.31. The number of anilines is 1. The molecule has 7 nitrogen and oxygen atoms in total. The third-order valence-electron chi connectivity index (χ3n) is 6.58. The zero-order valence-electron chi connectivity index (χ0n) is 19.4. The van der Waals surface area contributed by atoms with Gasteiger partial charge in [0.05, 0.1) is 10.2 Å². The van der Waals surface area contributed by atoms with E-state index < -0.39 is 11.5 Å². The summed E-state index contributed by atoms with van der Waals surface area (Å²) in [5.41, 5.74) is 0.918. The SMILES string of the molecule is O=C(NCCN1CCN(c2nc3ccc(Br)cc3s2)CC1)c1cc2c(ccc3ccccc32)oc1=O. The highest BCUT2D eigenvalue weighted by molar-refractivity contribution is 9.10. The van der Waals surface area contributed by atoms with Crippen LogP contribution in [0.1, 0.15) is 10.4 Å². The smallest absolute Gasteiger partial charge is 0.349 e. The summed E-state index contributed by atoms with van der Waals surface area (Å²) in [7, 11) is 0. The molecule has 0 atom stereocenters. The van der Waals surface area contributed by atoms with Crippen LogP contribution in [0, 0.1) is 0 Å². The fourth-order valence-corrected chi connectivity index (χ4v) is 6.21. The predicted molar refractivity (Wildman–Crippen MR) is 148 cm³/mol. The van der Waals surface area contributed by atoms with Crippen molar-refractivity contribution in [3.05, 3.63) is 81.1 Å². The molecule has 3 aromatic carbocycles. The number of piperazine rings is 1. The molecule has 9 heteroatoms. The van der Waals surface area contributed by atoms with Crippen molar-refractivity contribution in [3.8, 4) is 0 Å². The number of carbonyl (C=O) groups is 1. The quantitative estimate of drug-likeness (QED) is 0.243. The van der Waals surface area contributed by atoms with Gasteiger partial charge in [-0.05, 0) is 41.1 Å². The average Bonchev–Trinajstić information content (AvgIpc) is 3.31. The summed E-state index contributed by atoms with van der Waals surface area (Å²) in [6.07, 6.45) is 0. The molecule has 0 bridgehead atoms. The number of carbonyl (C=O) groups excluding carboxylic acids is 1. The van der Waals surface area contributed by atoms with Crippen LogP contribution in [0.4, 0.5) is 5.13 Å². The first kappa shape index (κ1) is 23.1. The lowest BCUT2D eigenvalue weighted by atomic mass is 10.0. The molecule has 1 amide bonds. The molecule has 0 aliphatic carbocycles. The monoisotopic (exact) mass is 562 g/mol. The molecule has 0 saturated carbocycles. The molecule has 2 aromatic heterocycles. The molecule has 3 heterocycles. The standard InChI is InChI=1S/C27H23BrN4O3S/c28-18-6-7-22-24(15-18)36-27(30-22)32-13-11-31(12-14-32)10-9-29-25(33)21-16-20-19-4-2-1-3-17(19)5-8-23(20)35-26(21)34/h1-8,15-16H,9-14H2,(H,29,33). The summed E-state index contributed by atoms with van der Waals surface area (Å²) >= 11 is 5.24. The second kappa shape index (κ2) is 9.65.